The minimum Gasteiger partial charge on any atom is -0.483 e. The predicted molar refractivity (Wildman–Crippen MR) is 117 cm³/mol. The summed E-state index contributed by atoms with van der Waals surface area (Å²) in [6.45, 7) is 1.67. The number of nitro groups is 1. The van der Waals surface area contributed by atoms with Gasteiger partial charge in [0.25, 0.3) is 11.6 Å². The van der Waals surface area contributed by atoms with Gasteiger partial charge in [0, 0.05) is 17.7 Å². The molecule has 1 N–H and O–H groups in total. The number of esters is 1. The van der Waals surface area contributed by atoms with Gasteiger partial charge in [-0.05, 0) is 42.8 Å². The minimum absolute atomic E-state index is 0.128. The zero-order chi connectivity index (χ0) is 22.9. The molecule has 0 aliphatic carbocycles. The number of carbonyl (C=O) groups excluding carboxylic acids is 2. The van der Waals surface area contributed by atoms with E-state index in [2.05, 4.69) is 10.5 Å². The Hall–Kier alpha value is -4.53. The SMILES string of the molecule is Cc1ccccc1OCC(=O)NN=Cc1ccccc1OC(=O)c1ccc([N+](=O)[O-])cc1. The van der Waals surface area contributed by atoms with Crippen LogP contribution in [0.3, 0.4) is 0 Å². The highest BCUT2D eigenvalue weighted by atomic mass is 16.6. The maximum absolute atomic E-state index is 12.4. The van der Waals surface area contributed by atoms with Gasteiger partial charge in [-0.2, -0.15) is 5.10 Å². The number of non-ortho nitro benzene ring substituents is 1. The van der Waals surface area contributed by atoms with Crippen molar-refractivity contribution in [1.82, 2.24) is 5.43 Å². The summed E-state index contributed by atoms with van der Waals surface area (Å²) >= 11 is 0. The van der Waals surface area contributed by atoms with Gasteiger partial charge in [0.05, 0.1) is 16.7 Å². The molecule has 9 heteroatoms. The minimum atomic E-state index is -0.684. The molecule has 0 radical (unpaired) electrons. The second-order valence-electron chi connectivity index (χ2n) is 6.58. The number of hydrazone groups is 1. The van der Waals surface area contributed by atoms with Crippen LogP contribution in [0.25, 0.3) is 0 Å². The van der Waals surface area contributed by atoms with Crippen molar-refractivity contribution in [2.45, 2.75) is 6.92 Å². The lowest BCUT2D eigenvalue weighted by Gasteiger charge is -2.08. The van der Waals surface area contributed by atoms with Gasteiger partial charge < -0.3 is 9.47 Å². The first kappa shape index (κ1) is 22.2. The van der Waals surface area contributed by atoms with E-state index in [9.17, 15) is 19.7 Å². The maximum atomic E-state index is 12.4. The van der Waals surface area contributed by atoms with E-state index in [1.54, 1.807) is 30.3 Å². The number of hydrogen-bond donors (Lipinski definition) is 1. The summed E-state index contributed by atoms with van der Waals surface area (Å²) in [6, 6.07) is 19.0. The third-order valence-electron chi connectivity index (χ3n) is 4.28. The summed E-state index contributed by atoms with van der Waals surface area (Å²) in [5.41, 5.74) is 3.74. The summed E-state index contributed by atoms with van der Waals surface area (Å²) in [4.78, 5) is 34.5. The first-order valence-electron chi connectivity index (χ1n) is 9.50. The van der Waals surface area contributed by atoms with Crippen LogP contribution in [-0.2, 0) is 4.79 Å². The number of amides is 1. The van der Waals surface area contributed by atoms with Crippen LogP contribution in [0.2, 0.25) is 0 Å². The van der Waals surface area contributed by atoms with Crippen LogP contribution in [0.5, 0.6) is 11.5 Å². The fourth-order valence-electron chi connectivity index (χ4n) is 2.63. The Morgan fingerprint density at radius 3 is 2.34 bits per heavy atom. The van der Waals surface area contributed by atoms with Crippen molar-refractivity contribution in [1.29, 1.82) is 0 Å². The Bertz CT molecular complexity index is 1160. The van der Waals surface area contributed by atoms with E-state index < -0.39 is 16.8 Å². The van der Waals surface area contributed by atoms with Crippen LogP contribution in [-0.4, -0.2) is 29.6 Å². The molecule has 0 fully saturated rings. The molecule has 162 valence electrons. The maximum Gasteiger partial charge on any atom is 0.343 e. The molecule has 0 saturated heterocycles. The predicted octanol–water partition coefficient (Wildman–Crippen LogP) is 3.65. The molecule has 0 unspecified atom stereocenters. The first-order valence-corrected chi connectivity index (χ1v) is 9.50. The van der Waals surface area contributed by atoms with E-state index in [4.69, 9.17) is 9.47 Å². The zero-order valence-electron chi connectivity index (χ0n) is 17.1. The number of nitro benzene ring substituents is 1. The van der Waals surface area contributed by atoms with Crippen LogP contribution in [0.1, 0.15) is 21.5 Å². The molecule has 0 aliphatic rings. The van der Waals surface area contributed by atoms with Crippen molar-refractivity contribution in [3.05, 3.63) is 99.6 Å². The number of ether oxygens (including phenoxy) is 2. The molecule has 0 heterocycles. The normalized spacial score (nSPS) is 10.5. The fraction of sp³-hybridized carbons (Fsp3) is 0.0870. The van der Waals surface area contributed by atoms with Gasteiger partial charge in [0.15, 0.2) is 6.61 Å². The van der Waals surface area contributed by atoms with E-state index in [0.29, 0.717) is 11.3 Å². The third-order valence-corrected chi connectivity index (χ3v) is 4.28. The van der Waals surface area contributed by atoms with Crippen molar-refractivity contribution >= 4 is 23.8 Å². The molecule has 9 nitrogen and oxygen atoms in total. The van der Waals surface area contributed by atoms with E-state index in [1.165, 1.54) is 30.5 Å². The smallest absolute Gasteiger partial charge is 0.343 e. The summed E-state index contributed by atoms with van der Waals surface area (Å²) in [6.07, 6.45) is 1.34. The molecule has 3 rings (SSSR count). The number of nitrogens with one attached hydrogen (secondary N) is 1. The standard InChI is InChI=1S/C23H19N3O6/c1-16-6-2-4-8-20(16)31-15-22(27)25-24-14-18-7-3-5-9-21(18)32-23(28)17-10-12-19(13-11-17)26(29)30/h2-14H,15H2,1H3,(H,25,27). The Balaban J connectivity index is 1.59. The summed E-state index contributed by atoms with van der Waals surface area (Å²) < 4.78 is 10.8. The molecule has 32 heavy (non-hydrogen) atoms. The summed E-state index contributed by atoms with van der Waals surface area (Å²) in [7, 11) is 0. The van der Waals surface area contributed by atoms with Gasteiger partial charge in [0.2, 0.25) is 0 Å². The van der Waals surface area contributed by atoms with E-state index >= 15 is 0 Å². The molecule has 0 aromatic heterocycles. The second-order valence-corrected chi connectivity index (χ2v) is 6.58. The summed E-state index contributed by atoms with van der Waals surface area (Å²) in [5, 5.41) is 14.6. The van der Waals surface area contributed by atoms with Gasteiger partial charge >= 0.3 is 5.97 Å². The topological polar surface area (TPSA) is 120 Å². The van der Waals surface area contributed by atoms with Gasteiger partial charge in [-0.15, -0.1) is 0 Å². The molecule has 0 saturated carbocycles. The highest BCUT2D eigenvalue weighted by molar-refractivity contribution is 5.93. The Labute approximate surface area is 183 Å². The number of carbonyl (C=O) groups is 2. The van der Waals surface area contributed by atoms with Gasteiger partial charge in [0.1, 0.15) is 11.5 Å². The van der Waals surface area contributed by atoms with Gasteiger partial charge in [-0.3, -0.25) is 14.9 Å². The fourth-order valence-corrected chi connectivity index (χ4v) is 2.63. The van der Waals surface area contributed by atoms with Crippen molar-refractivity contribution in [3.8, 4) is 11.5 Å². The van der Waals surface area contributed by atoms with E-state index in [1.807, 2.05) is 25.1 Å². The largest absolute Gasteiger partial charge is 0.483 e. The lowest BCUT2D eigenvalue weighted by atomic mass is 10.2. The highest BCUT2D eigenvalue weighted by Gasteiger charge is 2.13. The molecule has 0 spiro atoms. The molecular weight excluding hydrogens is 414 g/mol. The summed E-state index contributed by atoms with van der Waals surface area (Å²) in [5.74, 6) is -0.318. The van der Waals surface area contributed by atoms with Crippen LogP contribution >= 0.6 is 0 Å². The Kier molecular flexibility index (Phi) is 7.26. The number of aryl methyl sites for hydroxylation is 1. The molecule has 3 aromatic carbocycles. The van der Waals surface area contributed by atoms with Crippen LogP contribution < -0.4 is 14.9 Å². The van der Waals surface area contributed by atoms with Crippen molar-refractivity contribution < 1.29 is 24.0 Å². The average Bonchev–Trinajstić information content (AvgIpc) is 2.79. The number of benzene rings is 3. The number of rotatable bonds is 8. The molecular formula is C23H19N3O6. The average molecular weight is 433 g/mol. The molecule has 3 aromatic rings. The van der Waals surface area contributed by atoms with Gasteiger partial charge in [-0.1, -0.05) is 30.3 Å². The highest BCUT2D eigenvalue weighted by Crippen LogP contribution is 2.19. The lowest BCUT2D eigenvalue weighted by Crippen LogP contribution is -2.24. The Morgan fingerprint density at radius 1 is 1.00 bits per heavy atom. The zero-order valence-corrected chi connectivity index (χ0v) is 17.1. The van der Waals surface area contributed by atoms with E-state index in [0.717, 1.165) is 5.56 Å². The van der Waals surface area contributed by atoms with Crippen molar-refractivity contribution in [3.63, 3.8) is 0 Å². The third kappa shape index (κ3) is 5.99. The quantitative estimate of drug-likeness (QED) is 0.190. The monoisotopic (exact) mass is 433 g/mol. The number of hydrogen-bond acceptors (Lipinski definition) is 7. The Morgan fingerprint density at radius 2 is 1.66 bits per heavy atom. The van der Waals surface area contributed by atoms with Crippen molar-refractivity contribution in [2.24, 2.45) is 5.10 Å². The lowest BCUT2D eigenvalue weighted by molar-refractivity contribution is -0.384. The number of para-hydroxylation sites is 2. The van der Waals surface area contributed by atoms with Crippen LogP contribution in [0.4, 0.5) is 5.69 Å². The van der Waals surface area contributed by atoms with E-state index in [-0.39, 0.29) is 23.6 Å². The second kappa shape index (κ2) is 10.5. The van der Waals surface area contributed by atoms with Crippen LogP contribution in [0, 0.1) is 17.0 Å². The van der Waals surface area contributed by atoms with Crippen LogP contribution in [0.15, 0.2) is 77.9 Å². The molecule has 0 atom stereocenters. The van der Waals surface area contributed by atoms with Gasteiger partial charge in [-0.25, -0.2) is 10.2 Å². The first-order chi connectivity index (χ1) is 15.4. The molecule has 0 bridgehead atoms. The molecule has 0 aliphatic heterocycles. The van der Waals surface area contributed by atoms with Crippen molar-refractivity contribution in [2.75, 3.05) is 6.61 Å². The number of nitrogens with zero attached hydrogens (tertiary/aromatic N) is 2. The molecule has 1 amide bonds.